The molecule has 0 unspecified atom stereocenters. The van der Waals surface area contributed by atoms with Crippen molar-refractivity contribution in [2.45, 2.75) is 256 Å². The minimum Gasteiger partial charge on any atom is -0.462 e. The van der Waals surface area contributed by atoms with Gasteiger partial charge in [0.05, 0.1) is 71.5 Å². The Hall–Kier alpha value is -11.4. The van der Waals surface area contributed by atoms with Gasteiger partial charge in [-0.05, 0) is 228 Å². The number of carbonyl (C=O) groups is 11. The van der Waals surface area contributed by atoms with Gasteiger partial charge in [-0.25, -0.2) is 33.6 Å². The number of hydrogen-bond acceptors (Lipinski definition) is 20. The second-order valence-electron chi connectivity index (χ2n) is 41.6. The van der Waals surface area contributed by atoms with Crippen LogP contribution in [0.25, 0.3) is 0 Å². The predicted molar refractivity (Wildman–Crippen MR) is 532 cm³/mol. The van der Waals surface area contributed by atoms with Gasteiger partial charge in [0.1, 0.15) is 0 Å². The molecule has 0 bridgehead atoms. The number of ether oxygens (including phenoxy) is 8. The zero-order valence-corrected chi connectivity index (χ0v) is 85.7. The second-order valence-corrected chi connectivity index (χ2v) is 41.6. The lowest BCUT2D eigenvalue weighted by Gasteiger charge is -2.32. The molecule has 738 valence electrons. The third kappa shape index (κ3) is 41.0. The van der Waals surface area contributed by atoms with Crippen molar-refractivity contribution in [3.63, 3.8) is 0 Å². The average molecular weight is 1860 g/mol. The Morgan fingerprint density at radius 2 is 0.467 bits per heavy atom. The molecule has 4 heterocycles. The molecule has 0 atom stereocenters. The summed E-state index contributed by atoms with van der Waals surface area (Å²) in [5, 5.41) is 0. The molecule has 0 saturated carbocycles. The van der Waals surface area contributed by atoms with Crippen LogP contribution in [-0.4, -0.2) is 221 Å². The van der Waals surface area contributed by atoms with Crippen LogP contribution in [0.3, 0.4) is 0 Å². The number of esters is 7. The lowest BCUT2D eigenvalue weighted by Crippen LogP contribution is -2.48. The van der Waals surface area contributed by atoms with Crippen molar-refractivity contribution in [2.75, 3.05) is 125 Å². The zero-order chi connectivity index (χ0) is 101. The summed E-state index contributed by atoms with van der Waals surface area (Å²) in [5.74, 6) is -3.05. The quantitative estimate of drug-likeness (QED) is 0.0537. The standard InChI is InChI=1S/C18H26N2O3.C18H25NO3.C17H23NO4.C17H23NO3.2C14H20O2.C13H18O2/c1-18(2,3)15-7-5-14(6-8-15)17(22)23-13-16(21)20-11-9-19(4)10-12-20;1-18(2,3)15-9-7-14(8-10-15)17(21)22-13-16(20)19-11-5-4-6-12-19;1-17(2,3)14-6-4-13(5-7-14)16(20)22-12-15(19)18-8-10-21-11-9-18;1-17(2,3)14-8-6-13(7-9-14)16(20)21-12-15(19)18-10-4-5-11-18;1-10(2)16-13(15)11-6-8-12(9-7-11)14(3,4)5;1-5-10-16-13(15)11-6-8-12(9-7-11)14(2,3)4;1-5-15-12(14)10-6-8-11(9-7-10)13(2,3)4/h5-8H,9-13H2,1-4H3;7-10H,4-6,11-13H2,1-3H3;4-7H,8-12H2,1-3H3;6-9H,4-5,10-12H2,1-3H3;6-10H,1-5H3;6-9H,5,10H2,1-4H3;6-9H,5H2,1-4H3. The van der Waals surface area contributed by atoms with E-state index < -0.39 is 23.9 Å². The van der Waals surface area contributed by atoms with Gasteiger partial charge >= 0.3 is 41.8 Å². The van der Waals surface area contributed by atoms with Gasteiger partial charge in [0, 0.05) is 65.4 Å². The fourth-order valence-electron chi connectivity index (χ4n) is 13.7. The molecule has 0 aliphatic carbocycles. The Bertz CT molecular complexity index is 4770. The Kier molecular flexibility index (Phi) is 45.5. The summed E-state index contributed by atoms with van der Waals surface area (Å²) in [6.45, 7) is 60.8. The first-order valence-electron chi connectivity index (χ1n) is 47.5. The minimum atomic E-state index is -0.470. The number of likely N-dealkylation sites (tertiary alicyclic amines) is 2. The minimum absolute atomic E-state index is 0.0364. The molecule has 24 heteroatoms. The van der Waals surface area contributed by atoms with Gasteiger partial charge < -0.3 is 62.4 Å². The molecule has 11 rings (SSSR count). The van der Waals surface area contributed by atoms with Crippen molar-refractivity contribution in [3.05, 3.63) is 248 Å². The van der Waals surface area contributed by atoms with Crippen LogP contribution in [0.1, 0.15) is 323 Å². The Morgan fingerprint density at radius 3 is 0.681 bits per heavy atom. The van der Waals surface area contributed by atoms with Gasteiger partial charge in [0.25, 0.3) is 23.6 Å². The van der Waals surface area contributed by atoms with Gasteiger partial charge in [-0.1, -0.05) is 237 Å². The number of hydrogen-bond donors (Lipinski definition) is 0. The number of piperidine rings is 1. The summed E-state index contributed by atoms with van der Waals surface area (Å²) in [6.07, 6.45) is 6.09. The highest BCUT2D eigenvalue weighted by Gasteiger charge is 2.28. The van der Waals surface area contributed by atoms with Crippen LogP contribution in [-0.2, 0) is 95.0 Å². The number of likely N-dealkylation sites (N-methyl/N-ethyl adjacent to an activating group) is 1. The van der Waals surface area contributed by atoms with E-state index >= 15 is 0 Å². The normalized spacial score (nSPS) is 14.1. The molecule has 0 N–H and O–H groups in total. The molecule has 4 amide bonds. The molecule has 4 aliphatic rings. The van der Waals surface area contributed by atoms with Crippen molar-refractivity contribution in [1.29, 1.82) is 0 Å². The highest BCUT2D eigenvalue weighted by Crippen LogP contribution is 2.30. The fraction of sp³-hybridized carbons (Fsp3) is 0.523. The molecule has 24 nitrogen and oxygen atoms in total. The number of amides is 4. The highest BCUT2D eigenvalue weighted by atomic mass is 16.6. The smallest absolute Gasteiger partial charge is 0.338 e. The van der Waals surface area contributed by atoms with Gasteiger partial charge in [-0.15, -0.1) is 0 Å². The maximum atomic E-state index is 12.1. The van der Waals surface area contributed by atoms with E-state index in [1.165, 1.54) is 23.1 Å². The van der Waals surface area contributed by atoms with E-state index in [4.69, 9.17) is 37.9 Å². The Labute approximate surface area is 804 Å². The number of carbonyl (C=O) groups excluding carboxylic acids is 11. The molecule has 0 aromatic heterocycles. The Balaban J connectivity index is 0.000000280. The summed E-state index contributed by atoms with van der Waals surface area (Å²) in [4.78, 5) is 139. The number of benzene rings is 7. The molecule has 7 aromatic carbocycles. The average Bonchev–Trinajstić information content (AvgIpc) is 0.960. The van der Waals surface area contributed by atoms with Crippen LogP contribution < -0.4 is 0 Å². The summed E-state index contributed by atoms with van der Waals surface area (Å²) in [6, 6.07) is 52.3. The van der Waals surface area contributed by atoms with Crippen molar-refractivity contribution < 1.29 is 90.6 Å². The van der Waals surface area contributed by atoms with Gasteiger partial charge in [0.2, 0.25) is 0 Å². The lowest BCUT2D eigenvalue weighted by atomic mass is 9.87. The molecule has 4 fully saturated rings. The highest BCUT2D eigenvalue weighted by molar-refractivity contribution is 5.95. The molecule has 0 spiro atoms. The largest absolute Gasteiger partial charge is 0.462 e. The van der Waals surface area contributed by atoms with Crippen LogP contribution in [0.4, 0.5) is 0 Å². The van der Waals surface area contributed by atoms with Crippen LogP contribution in [0, 0.1) is 0 Å². The number of piperazine rings is 1. The van der Waals surface area contributed by atoms with Crippen molar-refractivity contribution >= 4 is 65.4 Å². The van der Waals surface area contributed by atoms with Crippen LogP contribution in [0.2, 0.25) is 0 Å². The predicted octanol–water partition coefficient (Wildman–Crippen LogP) is 20.1. The number of nitrogens with zero attached hydrogens (tertiary/aromatic N) is 5. The SMILES string of the molecule is CC(C)(C)c1ccc(C(=O)OCC(=O)N2CCCC2)cc1.CC(C)(C)c1ccc(C(=O)OCC(=O)N2CCCCC2)cc1.CC(C)(C)c1ccc(C(=O)OCC(=O)N2CCOCC2)cc1.CC(C)OC(=O)c1ccc(C(C)(C)C)cc1.CCCOC(=O)c1ccc(C(C)(C)C)cc1.CCOC(=O)c1ccc(C(C)(C)C)cc1.CN1CCN(C(=O)COC(=O)c2ccc(C(C)(C)C)cc2)CC1. The van der Waals surface area contributed by atoms with Crippen molar-refractivity contribution in [2.24, 2.45) is 0 Å². The van der Waals surface area contributed by atoms with Crippen LogP contribution in [0.5, 0.6) is 0 Å². The molecule has 0 radical (unpaired) electrons. The summed E-state index contributed by atoms with van der Waals surface area (Å²) < 4.78 is 40.8. The van der Waals surface area contributed by atoms with E-state index in [-0.39, 0.29) is 112 Å². The van der Waals surface area contributed by atoms with Crippen LogP contribution >= 0.6 is 0 Å². The topological polar surface area (TPSA) is 278 Å². The molecule has 4 saturated heterocycles. The third-order valence-electron chi connectivity index (χ3n) is 22.7. The summed E-state index contributed by atoms with van der Waals surface area (Å²) in [7, 11) is 2.03. The van der Waals surface area contributed by atoms with E-state index in [1.807, 2.05) is 149 Å². The monoisotopic (exact) mass is 1860 g/mol. The maximum absolute atomic E-state index is 12.1. The number of rotatable bonds is 19. The molecular formula is C111H155N5O19. The van der Waals surface area contributed by atoms with Crippen LogP contribution in [0.15, 0.2) is 170 Å². The molecule has 135 heavy (non-hydrogen) atoms. The third-order valence-corrected chi connectivity index (χ3v) is 22.7. The van der Waals surface area contributed by atoms with Crippen molar-refractivity contribution in [1.82, 2.24) is 24.5 Å². The molecule has 4 aliphatic heterocycles. The van der Waals surface area contributed by atoms with E-state index in [0.29, 0.717) is 91.6 Å². The first kappa shape index (κ1) is 114. The van der Waals surface area contributed by atoms with Gasteiger partial charge in [-0.2, -0.15) is 0 Å². The maximum Gasteiger partial charge on any atom is 0.338 e. The number of morpholine rings is 1. The molecule has 7 aromatic rings. The second kappa shape index (κ2) is 53.8. The summed E-state index contributed by atoms with van der Waals surface area (Å²) >= 11 is 0. The Morgan fingerprint density at radius 1 is 0.267 bits per heavy atom. The van der Waals surface area contributed by atoms with E-state index in [0.717, 1.165) is 93.6 Å². The molecular weight excluding hydrogens is 1710 g/mol. The fourth-order valence-corrected chi connectivity index (χ4v) is 13.7. The van der Waals surface area contributed by atoms with Crippen molar-refractivity contribution in [3.8, 4) is 0 Å². The van der Waals surface area contributed by atoms with E-state index in [9.17, 15) is 52.7 Å². The summed E-state index contributed by atoms with van der Waals surface area (Å²) in [5.41, 5.74) is 12.6. The first-order chi connectivity index (χ1) is 63.1. The zero-order valence-electron chi connectivity index (χ0n) is 85.7. The first-order valence-corrected chi connectivity index (χ1v) is 47.5. The van der Waals surface area contributed by atoms with E-state index in [2.05, 4.69) is 150 Å². The van der Waals surface area contributed by atoms with Gasteiger partial charge in [-0.3, -0.25) is 19.2 Å². The lowest BCUT2D eigenvalue weighted by molar-refractivity contribution is -0.138. The van der Waals surface area contributed by atoms with Gasteiger partial charge in [0.15, 0.2) is 26.4 Å². The van der Waals surface area contributed by atoms with E-state index in [1.54, 1.807) is 75.1 Å².